The minimum atomic E-state index is 0.218. The summed E-state index contributed by atoms with van der Waals surface area (Å²) < 4.78 is 0. The standard InChI is InChI=1S/C6H5N3S/c7-3-4-5(10)1-2-6(8)9-4/h1-2,10H,(H2,8,9)/p-1. The van der Waals surface area contributed by atoms with Crippen molar-refractivity contribution in [1.82, 2.24) is 4.98 Å². The molecule has 3 nitrogen and oxygen atoms in total. The van der Waals surface area contributed by atoms with Gasteiger partial charge in [-0.05, 0) is 6.07 Å². The van der Waals surface area contributed by atoms with Crippen LogP contribution in [0.3, 0.4) is 0 Å². The van der Waals surface area contributed by atoms with E-state index >= 15 is 0 Å². The SMILES string of the molecule is N#Cc1nc(N)ccc1[S-]. The molecular weight excluding hydrogens is 146 g/mol. The first-order chi connectivity index (χ1) is 4.74. The number of hydrogen-bond acceptors (Lipinski definition) is 4. The average Bonchev–Trinajstić information content (AvgIpc) is 1.94. The van der Waals surface area contributed by atoms with Crippen molar-refractivity contribution >= 4 is 18.4 Å². The number of hydrogen-bond donors (Lipinski definition) is 1. The van der Waals surface area contributed by atoms with Gasteiger partial charge < -0.3 is 18.4 Å². The lowest BCUT2D eigenvalue weighted by atomic mass is 10.3. The molecule has 0 aliphatic heterocycles. The van der Waals surface area contributed by atoms with Crippen molar-refractivity contribution in [2.75, 3.05) is 5.73 Å². The normalized spacial score (nSPS) is 8.70. The Morgan fingerprint density at radius 3 is 2.80 bits per heavy atom. The molecule has 0 unspecified atom stereocenters. The molecule has 1 heterocycles. The number of nitrogen functional groups attached to an aromatic ring is 1. The van der Waals surface area contributed by atoms with Crippen molar-refractivity contribution in [1.29, 1.82) is 5.26 Å². The topological polar surface area (TPSA) is 62.7 Å². The number of nitrogens with two attached hydrogens (primary N) is 1. The first kappa shape index (κ1) is 6.78. The third-order valence-electron chi connectivity index (χ3n) is 0.986. The largest absolute Gasteiger partial charge is 0.777 e. The Hall–Kier alpha value is -1.34. The number of rotatable bonds is 0. The van der Waals surface area contributed by atoms with Crippen LogP contribution in [0, 0.1) is 11.3 Å². The summed E-state index contributed by atoms with van der Waals surface area (Å²) >= 11 is 4.77. The van der Waals surface area contributed by atoms with Gasteiger partial charge in [0.1, 0.15) is 17.6 Å². The Labute approximate surface area is 63.9 Å². The van der Waals surface area contributed by atoms with Crippen LogP contribution >= 0.6 is 0 Å². The van der Waals surface area contributed by atoms with Crippen LogP contribution < -0.4 is 5.73 Å². The highest BCUT2D eigenvalue weighted by atomic mass is 32.1. The molecule has 50 valence electrons. The minimum absolute atomic E-state index is 0.218. The van der Waals surface area contributed by atoms with Gasteiger partial charge in [-0.1, -0.05) is 6.07 Å². The number of anilines is 1. The van der Waals surface area contributed by atoms with Crippen LogP contribution in [0.15, 0.2) is 17.0 Å². The first-order valence-electron chi connectivity index (χ1n) is 2.57. The molecule has 0 bridgehead atoms. The molecule has 0 atom stereocenters. The molecule has 1 rings (SSSR count). The molecule has 0 saturated carbocycles. The zero-order valence-electron chi connectivity index (χ0n) is 5.03. The number of nitriles is 1. The molecule has 2 N–H and O–H groups in total. The van der Waals surface area contributed by atoms with Gasteiger partial charge in [0.05, 0.1) is 0 Å². The molecule has 0 aromatic carbocycles. The monoisotopic (exact) mass is 150 g/mol. The van der Waals surface area contributed by atoms with E-state index in [1.54, 1.807) is 12.1 Å². The number of nitrogens with zero attached hydrogens (tertiary/aromatic N) is 2. The van der Waals surface area contributed by atoms with Crippen LogP contribution in [0.25, 0.3) is 0 Å². The van der Waals surface area contributed by atoms with Crippen molar-refractivity contribution in [2.24, 2.45) is 0 Å². The van der Waals surface area contributed by atoms with Gasteiger partial charge >= 0.3 is 0 Å². The number of aromatic nitrogens is 1. The Morgan fingerprint density at radius 1 is 1.60 bits per heavy atom. The van der Waals surface area contributed by atoms with Crippen LogP contribution in [-0.2, 0) is 12.6 Å². The molecule has 4 heteroatoms. The van der Waals surface area contributed by atoms with E-state index in [1.807, 2.05) is 6.07 Å². The third kappa shape index (κ3) is 1.14. The van der Waals surface area contributed by atoms with E-state index in [2.05, 4.69) is 4.98 Å². The van der Waals surface area contributed by atoms with E-state index in [0.29, 0.717) is 10.7 Å². The Bertz CT molecular complexity index is 290. The molecule has 0 radical (unpaired) electrons. The van der Waals surface area contributed by atoms with Gasteiger partial charge in [-0.2, -0.15) is 5.26 Å². The average molecular weight is 150 g/mol. The first-order valence-corrected chi connectivity index (χ1v) is 2.98. The second-order valence-corrected chi connectivity index (χ2v) is 2.13. The van der Waals surface area contributed by atoms with Gasteiger partial charge in [0.15, 0.2) is 0 Å². The van der Waals surface area contributed by atoms with Gasteiger partial charge in [0.25, 0.3) is 0 Å². The fraction of sp³-hybridized carbons (Fsp3) is 0. The van der Waals surface area contributed by atoms with Crippen molar-refractivity contribution in [3.8, 4) is 6.07 Å². The maximum atomic E-state index is 8.41. The maximum absolute atomic E-state index is 8.41. The van der Waals surface area contributed by atoms with Crippen molar-refractivity contribution < 1.29 is 0 Å². The zero-order chi connectivity index (χ0) is 7.56. The second-order valence-electron chi connectivity index (χ2n) is 1.69. The summed E-state index contributed by atoms with van der Waals surface area (Å²) in [6.07, 6.45) is 0. The van der Waals surface area contributed by atoms with Crippen molar-refractivity contribution in [3.05, 3.63) is 17.8 Å². The highest BCUT2D eigenvalue weighted by Gasteiger charge is 1.91. The predicted octanol–water partition coefficient (Wildman–Crippen LogP) is 0.441. The lowest BCUT2D eigenvalue weighted by molar-refractivity contribution is 1.19. The van der Waals surface area contributed by atoms with Crippen molar-refractivity contribution in [2.45, 2.75) is 4.90 Å². The molecule has 0 spiro atoms. The molecular formula is C6H4N3S-. The smallest absolute Gasteiger partial charge is 0.124 e. The Balaban J connectivity index is 3.25. The number of pyridine rings is 1. The van der Waals surface area contributed by atoms with E-state index in [1.165, 1.54) is 0 Å². The van der Waals surface area contributed by atoms with Gasteiger partial charge in [-0.25, -0.2) is 4.98 Å². The highest BCUT2D eigenvalue weighted by Crippen LogP contribution is 2.05. The van der Waals surface area contributed by atoms with Gasteiger partial charge in [-0.15, -0.1) is 4.90 Å². The molecule has 1 aromatic heterocycles. The second kappa shape index (κ2) is 2.50. The summed E-state index contributed by atoms with van der Waals surface area (Å²) in [5.41, 5.74) is 5.51. The molecule has 0 aliphatic carbocycles. The zero-order valence-corrected chi connectivity index (χ0v) is 5.85. The fourth-order valence-electron chi connectivity index (χ4n) is 0.542. The van der Waals surface area contributed by atoms with E-state index in [0.717, 1.165) is 0 Å². The van der Waals surface area contributed by atoms with Crippen LogP contribution in [0.1, 0.15) is 5.69 Å². The summed E-state index contributed by atoms with van der Waals surface area (Å²) in [5, 5.41) is 8.41. The third-order valence-corrected chi connectivity index (χ3v) is 1.32. The summed E-state index contributed by atoms with van der Waals surface area (Å²) in [6, 6.07) is 5.01. The quantitative estimate of drug-likeness (QED) is 0.545. The van der Waals surface area contributed by atoms with Crippen molar-refractivity contribution in [3.63, 3.8) is 0 Å². The molecule has 1 aromatic rings. The molecule has 0 aliphatic rings. The molecule has 0 saturated heterocycles. The van der Waals surface area contributed by atoms with Crippen LogP contribution in [0.5, 0.6) is 0 Å². The fourth-order valence-corrected chi connectivity index (χ4v) is 0.701. The van der Waals surface area contributed by atoms with Crippen LogP contribution in [0.2, 0.25) is 0 Å². The van der Waals surface area contributed by atoms with E-state index < -0.39 is 0 Å². The Morgan fingerprint density at radius 2 is 2.30 bits per heavy atom. The van der Waals surface area contributed by atoms with Gasteiger partial charge in [0.2, 0.25) is 0 Å². The van der Waals surface area contributed by atoms with E-state index in [9.17, 15) is 0 Å². The molecule has 0 amide bonds. The molecule has 0 fully saturated rings. The van der Waals surface area contributed by atoms with E-state index in [-0.39, 0.29) is 5.69 Å². The lowest BCUT2D eigenvalue weighted by Crippen LogP contribution is -1.93. The van der Waals surface area contributed by atoms with E-state index in [4.69, 9.17) is 23.6 Å². The highest BCUT2D eigenvalue weighted by molar-refractivity contribution is 7.58. The Kier molecular flexibility index (Phi) is 1.69. The summed E-state index contributed by atoms with van der Waals surface area (Å²) in [6.45, 7) is 0. The van der Waals surface area contributed by atoms with Crippen LogP contribution in [0.4, 0.5) is 5.82 Å². The van der Waals surface area contributed by atoms with Gasteiger partial charge in [-0.3, -0.25) is 0 Å². The summed E-state index contributed by atoms with van der Waals surface area (Å²) in [4.78, 5) is 4.15. The maximum Gasteiger partial charge on any atom is 0.124 e. The minimum Gasteiger partial charge on any atom is -0.777 e. The summed E-state index contributed by atoms with van der Waals surface area (Å²) in [5.74, 6) is 0.324. The van der Waals surface area contributed by atoms with Crippen LogP contribution in [-0.4, -0.2) is 4.98 Å². The summed E-state index contributed by atoms with van der Waals surface area (Å²) in [7, 11) is 0. The van der Waals surface area contributed by atoms with Gasteiger partial charge in [0, 0.05) is 0 Å². The predicted molar refractivity (Wildman–Crippen MR) is 39.0 cm³/mol. The lowest BCUT2D eigenvalue weighted by Gasteiger charge is -2.05. The molecule has 10 heavy (non-hydrogen) atoms.